The standard InChI is InChI=1S/C9H16O5/c1-6(10)14-8-5-13-4-7(11-2)9(8)12-3/h7-9H,4-5H2,1-3H3. The molecular weight excluding hydrogens is 188 g/mol. The van der Waals surface area contributed by atoms with E-state index in [2.05, 4.69) is 0 Å². The van der Waals surface area contributed by atoms with Gasteiger partial charge in [0.15, 0.2) is 6.10 Å². The number of ether oxygens (including phenoxy) is 4. The van der Waals surface area contributed by atoms with Crippen LogP contribution >= 0.6 is 0 Å². The fourth-order valence-electron chi connectivity index (χ4n) is 1.55. The highest BCUT2D eigenvalue weighted by Gasteiger charge is 2.36. The quantitative estimate of drug-likeness (QED) is 0.605. The smallest absolute Gasteiger partial charge is 0.303 e. The van der Waals surface area contributed by atoms with Crippen molar-refractivity contribution in [2.24, 2.45) is 0 Å². The maximum absolute atomic E-state index is 10.8. The highest BCUT2D eigenvalue weighted by molar-refractivity contribution is 5.66. The maximum Gasteiger partial charge on any atom is 0.303 e. The molecule has 1 fully saturated rings. The molecular formula is C9H16O5. The van der Waals surface area contributed by atoms with Gasteiger partial charge in [0.25, 0.3) is 0 Å². The molecule has 0 aromatic heterocycles. The summed E-state index contributed by atoms with van der Waals surface area (Å²) in [6.07, 6.45) is -0.813. The van der Waals surface area contributed by atoms with Crippen LogP contribution < -0.4 is 0 Å². The van der Waals surface area contributed by atoms with Gasteiger partial charge < -0.3 is 18.9 Å². The van der Waals surface area contributed by atoms with E-state index < -0.39 is 0 Å². The van der Waals surface area contributed by atoms with E-state index in [9.17, 15) is 4.79 Å². The molecule has 1 heterocycles. The van der Waals surface area contributed by atoms with Gasteiger partial charge >= 0.3 is 5.97 Å². The third-order valence-electron chi connectivity index (χ3n) is 2.19. The van der Waals surface area contributed by atoms with Crippen molar-refractivity contribution >= 4 is 5.97 Å². The van der Waals surface area contributed by atoms with Gasteiger partial charge in [0, 0.05) is 21.1 Å². The summed E-state index contributed by atoms with van der Waals surface area (Å²) >= 11 is 0. The van der Waals surface area contributed by atoms with Crippen molar-refractivity contribution in [2.45, 2.75) is 25.2 Å². The average molecular weight is 204 g/mol. The lowest BCUT2D eigenvalue weighted by atomic mass is 10.1. The highest BCUT2D eigenvalue weighted by Crippen LogP contribution is 2.17. The summed E-state index contributed by atoms with van der Waals surface area (Å²) in [5.74, 6) is -0.336. The highest BCUT2D eigenvalue weighted by atomic mass is 16.6. The Morgan fingerprint density at radius 1 is 1.21 bits per heavy atom. The first-order chi connectivity index (χ1) is 6.69. The van der Waals surface area contributed by atoms with Crippen molar-refractivity contribution in [2.75, 3.05) is 27.4 Å². The Morgan fingerprint density at radius 2 is 1.86 bits per heavy atom. The summed E-state index contributed by atoms with van der Waals surface area (Å²) in [6, 6.07) is 0. The Hall–Kier alpha value is -0.650. The lowest BCUT2D eigenvalue weighted by molar-refractivity contribution is -0.194. The zero-order valence-corrected chi connectivity index (χ0v) is 8.69. The molecule has 0 saturated carbocycles. The van der Waals surface area contributed by atoms with Crippen LogP contribution in [0.4, 0.5) is 0 Å². The van der Waals surface area contributed by atoms with Crippen LogP contribution in [0.3, 0.4) is 0 Å². The molecule has 1 saturated heterocycles. The second kappa shape index (κ2) is 5.29. The molecule has 0 bridgehead atoms. The third kappa shape index (κ3) is 2.67. The van der Waals surface area contributed by atoms with Crippen molar-refractivity contribution in [3.63, 3.8) is 0 Å². The molecule has 0 aromatic rings. The normalized spacial score (nSPS) is 32.6. The van der Waals surface area contributed by atoms with E-state index in [1.165, 1.54) is 6.92 Å². The minimum absolute atomic E-state index is 0.182. The molecule has 1 rings (SSSR count). The molecule has 3 atom stereocenters. The van der Waals surface area contributed by atoms with Crippen molar-refractivity contribution in [3.05, 3.63) is 0 Å². The molecule has 0 amide bonds. The first-order valence-corrected chi connectivity index (χ1v) is 4.49. The van der Waals surface area contributed by atoms with E-state index in [0.29, 0.717) is 13.2 Å². The summed E-state index contributed by atoms with van der Waals surface area (Å²) in [5, 5.41) is 0. The number of rotatable bonds is 3. The zero-order chi connectivity index (χ0) is 10.6. The Balaban J connectivity index is 2.58. The minimum Gasteiger partial charge on any atom is -0.457 e. The molecule has 1 aliphatic rings. The monoisotopic (exact) mass is 204 g/mol. The Morgan fingerprint density at radius 3 is 2.36 bits per heavy atom. The van der Waals surface area contributed by atoms with Crippen LogP contribution in [0.2, 0.25) is 0 Å². The number of hydrogen-bond acceptors (Lipinski definition) is 5. The molecule has 0 aromatic carbocycles. The lowest BCUT2D eigenvalue weighted by Crippen LogP contribution is -2.51. The van der Waals surface area contributed by atoms with Gasteiger partial charge in [-0.05, 0) is 0 Å². The molecule has 5 nitrogen and oxygen atoms in total. The van der Waals surface area contributed by atoms with E-state index in [1.54, 1.807) is 14.2 Å². The Labute approximate surface area is 83.3 Å². The number of carbonyl (C=O) groups is 1. The van der Waals surface area contributed by atoms with Gasteiger partial charge in [-0.2, -0.15) is 0 Å². The summed E-state index contributed by atoms with van der Waals surface area (Å²) in [7, 11) is 3.15. The average Bonchev–Trinajstić information content (AvgIpc) is 2.16. The second-order valence-corrected chi connectivity index (χ2v) is 3.16. The first kappa shape index (κ1) is 11.4. The zero-order valence-electron chi connectivity index (χ0n) is 8.69. The van der Waals surface area contributed by atoms with E-state index in [0.717, 1.165) is 0 Å². The van der Waals surface area contributed by atoms with Gasteiger partial charge in [-0.1, -0.05) is 0 Å². The molecule has 0 spiro atoms. The molecule has 0 aliphatic carbocycles. The van der Waals surface area contributed by atoms with Crippen molar-refractivity contribution in [3.8, 4) is 0 Å². The Bertz CT molecular complexity index is 194. The van der Waals surface area contributed by atoms with Crippen LogP contribution in [0.5, 0.6) is 0 Å². The van der Waals surface area contributed by atoms with Gasteiger partial charge in [0.1, 0.15) is 12.2 Å². The van der Waals surface area contributed by atoms with Gasteiger partial charge in [-0.15, -0.1) is 0 Å². The van der Waals surface area contributed by atoms with Crippen molar-refractivity contribution in [1.82, 2.24) is 0 Å². The number of hydrogen-bond donors (Lipinski definition) is 0. The lowest BCUT2D eigenvalue weighted by Gasteiger charge is -2.35. The molecule has 82 valence electrons. The SMILES string of the molecule is COC1COCC(OC(C)=O)C1OC. The van der Waals surface area contributed by atoms with E-state index in [1.807, 2.05) is 0 Å². The van der Waals surface area contributed by atoms with Crippen LogP contribution in [-0.2, 0) is 23.7 Å². The summed E-state index contributed by atoms with van der Waals surface area (Å²) in [6.45, 7) is 2.19. The number of carbonyl (C=O) groups excluding carboxylic acids is 1. The summed E-state index contributed by atoms with van der Waals surface area (Å²) < 4.78 is 20.7. The van der Waals surface area contributed by atoms with Crippen LogP contribution in [0.25, 0.3) is 0 Å². The van der Waals surface area contributed by atoms with Gasteiger partial charge in [-0.25, -0.2) is 0 Å². The first-order valence-electron chi connectivity index (χ1n) is 4.49. The fourth-order valence-corrected chi connectivity index (χ4v) is 1.55. The van der Waals surface area contributed by atoms with Crippen molar-refractivity contribution in [1.29, 1.82) is 0 Å². The van der Waals surface area contributed by atoms with Crippen LogP contribution in [0.1, 0.15) is 6.92 Å². The number of esters is 1. The van der Waals surface area contributed by atoms with Crippen molar-refractivity contribution < 1.29 is 23.7 Å². The largest absolute Gasteiger partial charge is 0.457 e. The third-order valence-corrected chi connectivity index (χ3v) is 2.19. The summed E-state index contributed by atoms with van der Waals surface area (Å²) in [5.41, 5.74) is 0. The molecule has 14 heavy (non-hydrogen) atoms. The van der Waals surface area contributed by atoms with E-state index in [-0.39, 0.29) is 24.3 Å². The molecule has 3 unspecified atom stereocenters. The second-order valence-electron chi connectivity index (χ2n) is 3.16. The Kier molecular flexibility index (Phi) is 4.31. The topological polar surface area (TPSA) is 54.0 Å². The van der Waals surface area contributed by atoms with Crippen LogP contribution in [0, 0.1) is 0 Å². The van der Waals surface area contributed by atoms with E-state index >= 15 is 0 Å². The molecule has 5 heteroatoms. The molecule has 1 aliphatic heterocycles. The van der Waals surface area contributed by atoms with E-state index in [4.69, 9.17) is 18.9 Å². The minimum atomic E-state index is -0.379. The predicted molar refractivity (Wildman–Crippen MR) is 48.0 cm³/mol. The predicted octanol–water partition coefficient (Wildman–Crippen LogP) is -0.0217. The van der Waals surface area contributed by atoms with Gasteiger partial charge in [0.05, 0.1) is 13.2 Å². The fraction of sp³-hybridized carbons (Fsp3) is 0.889. The van der Waals surface area contributed by atoms with Gasteiger partial charge in [-0.3, -0.25) is 4.79 Å². The maximum atomic E-state index is 10.8. The summed E-state index contributed by atoms with van der Waals surface area (Å²) in [4.78, 5) is 10.8. The number of methoxy groups -OCH3 is 2. The van der Waals surface area contributed by atoms with Crippen LogP contribution in [-0.4, -0.2) is 51.7 Å². The molecule has 0 radical (unpaired) electrons. The van der Waals surface area contributed by atoms with Crippen LogP contribution in [0.15, 0.2) is 0 Å². The molecule has 0 N–H and O–H groups in total. The van der Waals surface area contributed by atoms with Gasteiger partial charge in [0.2, 0.25) is 0 Å².